The second-order valence-corrected chi connectivity index (χ2v) is 6.58. The van der Waals surface area contributed by atoms with E-state index >= 15 is 0 Å². The summed E-state index contributed by atoms with van der Waals surface area (Å²) < 4.78 is 5.53. The first-order valence-corrected chi connectivity index (χ1v) is 8.67. The van der Waals surface area contributed by atoms with Crippen molar-refractivity contribution in [2.75, 3.05) is 32.8 Å². The molecule has 2 heterocycles. The third kappa shape index (κ3) is 4.53. The van der Waals surface area contributed by atoms with Crippen molar-refractivity contribution in [2.24, 2.45) is 0 Å². The highest BCUT2D eigenvalue weighted by Gasteiger charge is 2.21. The Morgan fingerprint density at radius 1 is 1.22 bits per heavy atom. The van der Waals surface area contributed by atoms with E-state index in [4.69, 9.17) is 4.74 Å². The van der Waals surface area contributed by atoms with Crippen LogP contribution in [0.2, 0.25) is 0 Å². The second-order valence-electron chi connectivity index (χ2n) is 5.64. The van der Waals surface area contributed by atoms with Gasteiger partial charge in [-0.05, 0) is 19.1 Å². The highest BCUT2D eigenvalue weighted by atomic mass is 32.1. The summed E-state index contributed by atoms with van der Waals surface area (Å²) in [5, 5.41) is 3.23. The number of nitrogens with zero attached hydrogens (tertiary/aromatic N) is 3. The minimum absolute atomic E-state index is 0.0543. The van der Waals surface area contributed by atoms with Gasteiger partial charge < -0.3 is 9.64 Å². The number of carbonyl (C=O) groups excluding carboxylic acids is 1. The van der Waals surface area contributed by atoms with Gasteiger partial charge in [-0.2, -0.15) is 0 Å². The zero-order valence-electron chi connectivity index (χ0n) is 13.3. The summed E-state index contributed by atoms with van der Waals surface area (Å²) in [5.41, 5.74) is 1.08. The third-order valence-corrected chi connectivity index (χ3v) is 4.81. The summed E-state index contributed by atoms with van der Waals surface area (Å²) in [6.45, 7) is 6.27. The number of aryl methyl sites for hydroxylation is 1. The molecule has 1 amide bonds. The summed E-state index contributed by atoms with van der Waals surface area (Å²) in [7, 11) is 0. The molecule has 0 unspecified atom stereocenters. The van der Waals surface area contributed by atoms with Crippen molar-refractivity contribution in [2.45, 2.75) is 13.5 Å². The number of hydrogen-bond donors (Lipinski definition) is 0. The number of ether oxygens (including phenoxy) is 1. The molecule has 122 valence electrons. The number of carbonyl (C=O) groups is 1. The first-order valence-electron chi connectivity index (χ1n) is 7.80. The van der Waals surface area contributed by atoms with Crippen LogP contribution in [-0.2, 0) is 11.3 Å². The molecule has 23 heavy (non-hydrogen) atoms. The summed E-state index contributed by atoms with van der Waals surface area (Å²) in [4.78, 5) is 20.9. The van der Waals surface area contributed by atoms with Crippen LogP contribution in [0.1, 0.15) is 10.7 Å². The standard InChI is InChI=1S/C17H21N3O2S/c1-14-13-23-16(18-14)11-19-7-9-20(10-8-19)17(21)12-22-15-5-3-2-4-6-15/h2-6,13H,7-12H2,1H3. The van der Waals surface area contributed by atoms with E-state index in [1.54, 1.807) is 11.3 Å². The Labute approximate surface area is 140 Å². The largest absolute Gasteiger partial charge is 0.484 e. The molecule has 0 bridgehead atoms. The van der Waals surface area contributed by atoms with Crippen molar-refractivity contribution in [3.05, 3.63) is 46.4 Å². The third-order valence-electron chi connectivity index (χ3n) is 3.86. The fourth-order valence-corrected chi connectivity index (χ4v) is 3.39. The Morgan fingerprint density at radius 2 is 1.96 bits per heavy atom. The van der Waals surface area contributed by atoms with Gasteiger partial charge in [-0.1, -0.05) is 18.2 Å². The smallest absolute Gasteiger partial charge is 0.260 e. The molecule has 5 nitrogen and oxygen atoms in total. The van der Waals surface area contributed by atoms with Crippen LogP contribution in [-0.4, -0.2) is 53.5 Å². The van der Waals surface area contributed by atoms with Gasteiger partial charge in [0, 0.05) is 37.3 Å². The van der Waals surface area contributed by atoms with Crippen molar-refractivity contribution in [3.8, 4) is 5.75 Å². The lowest BCUT2D eigenvalue weighted by Gasteiger charge is -2.34. The molecule has 0 spiro atoms. The van der Waals surface area contributed by atoms with Gasteiger partial charge in [0.2, 0.25) is 0 Å². The monoisotopic (exact) mass is 331 g/mol. The Kier molecular flexibility index (Phi) is 5.25. The number of aromatic nitrogens is 1. The van der Waals surface area contributed by atoms with Gasteiger partial charge in [0.25, 0.3) is 5.91 Å². The average Bonchev–Trinajstić information content (AvgIpc) is 2.99. The first kappa shape index (κ1) is 16.0. The maximum absolute atomic E-state index is 12.2. The molecule has 0 aliphatic carbocycles. The number of para-hydroxylation sites is 1. The van der Waals surface area contributed by atoms with Gasteiger partial charge in [-0.15, -0.1) is 11.3 Å². The lowest BCUT2D eigenvalue weighted by atomic mass is 10.3. The Balaban J connectivity index is 1.42. The van der Waals surface area contributed by atoms with Gasteiger partial charge in [-0.3, -0.25) is 9.69 Å². The van der Waals surface area contributed by atoms with Crippen LogP contribution in [0.5, 0.6) is 5.75 Å². The number of piperazine rings is 1. The lowest BCUT2D eigenvalue weighted by Crippen LogP contribution is -2.49. The first-order chi connectivity index (χ1) is 11.2. The predicted molar refractivity (Wildman–Crippen MR) is 90.6 cm³/mol. The van der Waals surface area contributed by atoms with Gasteiger partial charge in [-0.25, -0.2) is 4.98 Å². The topological polar surface area (TPSA) is 45.7 Å². The zero-order valence-corrected chi connectivity index (χ0v) is 14.1. The van der Waals surface area contributed by atoms with Crippen LogP contribution in [0.4, 0.5) is 0 Å². The molecule has 1 saturated heterocycles. The molecule has 1 aromatic heterocycles. The summed E-state index contributed by atoms with van der Waals surface area (Å²) in [6.07, 6.45) is 0. The van der Waals surface area contributed by atoms with Gasteiger partial charge in [0.1, 0.15) is 10.8 Å². The van der Waals surface area contributed by atoms with E-state index in [1.807, 2.05) is 42.2 Å². The number of amides is 1. The normalized spacial score (nSPS) is 15.6. The van der Waals surface area contributed by atoms with Gasteiger partial charge >= 0.3 is 0 Å². The number of thiazole rings is 1. The van der Waals surface area contributed by atoms with Crippen molar-refractivity contribution < 1.29 is 9.53 Å². The van der Waals surface area contributed by atoms with Crippen molar-refractivity contribution >= 4 is 17.2 Å². The summed E-state index contributed by atoms with van der Waals surface area (Å²) >= 11 is 1.70. The van der Waals surface area contributed by atoms with E-state index in [0.29, 0.717) is 0 Å². The molecule has 0 radical (unpaired) electrons. The molecular formula is C17H21N3O2S. The molecule has 1 fully saturated rings. The van der Waals surface area contributed by atoms with Crippen molar-refractivity contribution in [1.82, 2.24) is 14.8 Å². The molecule has 2 aromatic rings. The van der Waals surface area contributed by atoms with Crippen LogP contribution in [0.25, 0.3) is 0 Å². The molecule has 1 aromatic carbocycles. The molecule has 0 N–H and O–H groups in total. The highest BCUT2D eigenvalue weighted by molar-refractivity contribution is 7.09. The predicted octanol–water partition coefficient (Wildman–Crippen LogP) is 2.17. The van der Waals surface area contributed by atoms with Gasteiger partial charge in [0.05, 0.1) is 6.54 Å². The minimum Gasteiger partial charge on any atom is -0.484 e. The molecule has 0 atom stereocenters. The van der Waals surface area contributed by atoms with E-state index in [-0.39, 0.29) is 12.5 Å². The maximum atomic E-state index is 12.2. The van der Waals surface area contributed by atoms with Crippen LogP contribution in [0.15, 0.2) is 35.7 Å². The second kappa shape index (κ2) is 7.57. The highest BCUT2D eigenvalue weighted by Crippen LogP contribution is 2.14. The number of rotatable bonds is 5. The molecular weight excluding hydrogens is 310 g/mol. The lowest BCUT2D eigenvalue weighted by molar-refractivity contribution is -0.135. The van der Waals surface area contributed by atoms with Crippen molar-refractivity contribution in [3.63, 3.8) is 0 Å². The fraction of sp³-hybridized carbons (Fsp3) is 0.412. The molecule has 6 heteroatoms. The Bertz CT molecular complexity index is 636. The quantitative estimate of drug-likeness (QED) is 0.842. The number of benzene rings is 1. The maximum Gasteiger partial charge on any atom is 0.260 e. The molecule has 1 aliphatic heterocycles. The van der Waals surface area contributed by atoms with Crippen LogP contribution < -0.4 is 4.74 Å². The zero-order chi connectivity index (χ0) is 16.1. The Hall–Kier alpha value is -1.92. The fourth-order valence-electron chi connectivity index (χ4n) is 2.58. The van der Waals surface area contributed by atoms with E-state index in [2.05, 4.69) is 15.3 Å². The van der Waals surface area contributed by atoms with E-state index in [0.717, 1.165) is 49.2 Å². The Morgan fingerprint density at radius 3 is 2.61 bits per heavy atom. The number of hydrogen-bond acceptors (Lipinski definition) is 5. The van der Waals surface area contributed by atoms with Gasteiger partial charge in [0.15, 0.2) is 6.61 Å². The average molecular weight is 331 g/mol. The minimum atomic E-state index is 0.0543. The van der Waals surface area contributed by atoms with Crippen LogP contribution >= 0.6 is 11.3 Å². The molecule has 1 aliphatic rings. The van der Waals surface area contributed by atoms with E-state index in [9.17, 15) is 4.79 Å². The molecule has 3 rings (SSSR count). The molecule has 0 saturated carbocycles. The summed E-state index contributed by atoms with van der Waals surface area (Å²) in [6, 6.07) is 9.46. The van der Waals surface area contributed by atoms with Crippen molar-refractivity contribution in [1.29, 1.82) is 0 Å². The van der Waals surface area contributed by atoms with Crippen LogP contribution in [0.3, 0.4) is 0 Å². The SMILES string of the molecule is Cc1csc(CN2CCN(C(=O)COc3ccccc3)CC2)n1. The van der Waals surface area contributed by atoms with E-state index in [1.165, 1.54) is 0 Å². The van der Waals surface area contributed by atoms with Crippen LogP contribution in [0, 0.1) is 6.92 Å². The summed E-state index contributed by atoms with van der Waals surface area (Å²) in [5.74, 6) is 0.789. The van der Waals surface area contributed by atoms with E-state index < -0.39 is 0 Å².